The molecule has 1 aromatic carbocycles. The largest absolute Gasteiger partial charge is 0.451 e. The van der Waals surface area contributed by atoms with Crippen LogP contribution in [-0.4, -0.2) is 73.3 Å². The summed E-state index contributed by atoms with van der Waals surface area (Å²) in [5, 5.41) is 1.01. The van der Waals surface area contributed by atoms with Gasteiger partial charge >= 0.3 is 0 Å². The number of carbonyl (C=O) groups excluding carboxylic acids is 2. The second-order valence-corrected chi connectivity index (χ2v) is 9.76. The van der Waals surface area contributed by atoms with E-state index in [-0.39, 0.29) is 29.0 Å². The van der Waals surface area contributed by atoms with Gasteiger partial charge in [0.2, 0.25) is 5.91 Å². The number of furan rings is 1. The van der Waals surface area contributed by atoms with Crippen LogP contribution in [0, 0.1) is 5.41 Å². The molecule has 1 aliphatic carbocycles. The topological polar surface area (TPSA) is 57.0 Å². The van der Waals surface area contributed by atoms with Crippen LogP contribution in [0.5, 0.6) is 0 Å². The van der Waals surface area contributed by atoms with Gasteiger partial charge in [0.15, 0.2) is 5.76 Å². The third-order valence-corrected chi connectivity index (χ3v) is 6.81. The first kappa shape index (κ1) is 22.2. The van der Waals surface area contributed by atoms with Crippen molar-refractivity contribution in [3.05, 3.63) is 46.1 Å². The van der Waals surface area contributed by atoms with Crippen LogP contribution < -0.4 is 0 Å². The van der Waals surface area contributed by atoms with Gasteiger partial charge in [-0.3, -0.25) is 9.59 Å². The highest BCUT2D eigenvalue weighted by molar-refractivity contribution is 6.36. The Labute approximate surface area is 192 Å². The van der Waals surface area contributed by atoms with Crippen LogP contribution in [-0.2, 0) is 4.79 Å². The first-order valence-electron chi connectivity index (χ1n) is 10.5. The quantitative estimate of drug-likeness (QED) is 0.641. The smallest absolute Gasteiger partial charge is 0.289 e. The summed E-state index contributed by atoms with van der Waals surface area (Å²) < 4.78 is 5.81. The first-order chi connectivity index (χ1) is 14.7. The SMILES string of the molecule is CN(C)CC1(C(=O)N(C)C2CCN(C(=O)c3ccc(-c4ccc(Cl)cc4Cl)o3)C2)CC1. The van der Waals surface area contributed by atoms with Crippen molar-refractivity contribution in [3.63, 3.8) is 0 Å². The minimum Gasteiger partial charge on any atom is -0.451 e. The third-order valence-electron chi connectivity index (χ3n) is 6.26. The van der Waals surface area contributed by atoms with Gasteiger partial charge in [-0.2, -0.15) is 0 Å². The van der Waals surface area contributed by atoms with Crippen LogP contribution in [0.15, 0.2) is 34.7 Å². The Morgan fingerprint density at radius 1 is 1.16 bits per heavy atom. The van der Waals surface area contributed by atoms with Gasteiger partial charge in [0.05, 0.1) is 16.5 Å². The van der Waals surface area contributed by atoms with E-state index in [1.54, 1.807) is 35.2 Å². The number of benzene rings is 1. The molecule has 2 aromatic rings. The van der Waals surface area contributed by atoms with Crippen molar-refractivity contribution in [3.8, 4) is 11.3 Å². The average molecular weight is 464 g/mol. The summed E-state index contributed by atoms with van der Waals surface area (Å²) in [7, 11) is 5.86. The zero-order valence-corrected chi connectivity index (χ0v) is 19.5. The second kappa shape index (κ2) is 8.49. The molecule has 0 radical (unpaired) electrons. The van der Waals surface area contributed by atoms with Crippen LogP contribution in [0.2, 0.25) is 10.0 Å². The van der Waals surface area contributed by atoms with Gasteiger partial charge in [-0.15, -0.1) is 0 Å². The normalized spacial score (nSPS) is 19.7. The first-order valence-corrected chi connectivity index (χ1v) is 11.2. The Kier molecular flexibility index (Phi) is 6.08. The van der Waals surface area contributed by atoms with E-state index in [1.165, 1.54) is 0 Å². The lowest BCUT2D eigenvalue weighted by Gasteiger charge is -2.30. The van der Waals surface area contributed by atoms with Crippen molar-refractivity contribution in [2.24, 2.45) is 5.41 Å². The highest BCUT2D eigenvalue weighted by Gasteiger charge is 2.52. The molecule has 6 nitrogen and oxygen atoms in total. The fourth-order valence-corrected chi connectivity index (χ4v) is 4.92. The molecule has 2 aliphatic rings. The van der Waals surface area contributed by atoms with E-state index in [9.17, 15) is 9.59 Å². The fraction of sp³-hybridized carbons (Fsp3) is 0.478. The minimum atomic E-state index is -0.247. The number of carbonyl (C=O) groups is 2. The molecule has 2 fully saturated rings. The molecule has 166 valence electrons. The zero-order valence-electron chi connectivity index (χ0n) is 18.0. The molecule has 1 unspecified atom stereocenters. The van der Waals surface area contributed by atoms with E-state index in [2.05, 4.69) is 4.90 Å². The Balaban J connectivity index is 1.41. The van der Waals surface area contributed by atoms with Crippen LogP contribution in [0.4, 0.5) is 0 Å². The summed E-state index contributed by atoms with van der Waals surface area (Å²) in [6.07, 6.45) is 2.64. The van der Waals surface area contributed by atoms with Crippen molar-refractivity contribution >= 4 is 35.0 Å². The molecule has 1 aliphatic heterocycles. The Morgan fingerprint density at radius 2 is 1.90 bits per heavy atom. The van der Waals surface area contributed by atoms with Gasteiger partial charge in [-0.05, 0) is 63.7 Å². The van der Waals surface area contributed by atoms with E-state index in [0.29, 0.717) is 34.5 Å². The second-order valence-electron chi connectivity index (χ2n) is 8.92. The molecule has 2 heterocycles. The minimum absolute atomic E-state index is 0.0243. The predicted octanol–water partition coefficient (Wildman–Crippen LogP) is 4.27. The summed E-state index contributed by atoms with van der Waals surface area (Å²) in [5.41, 5.74) is 0.439. The number of rotatable bonds is 6. The Hall–Kier alpha value is -2.02. The average Bonchev–Trinajstić information content (AvgIpc) is 3.14. The number of likely N-dealkylation sites (tertiary alicyclic amines) is 1. The van der Waals surface area contributed by atoms with E-state index < -0.39 is 0 Å². The molecule has 4 rings (SSSR count). The van der Waals surface area contributed by atoms with Crippen LogP contribution in [0.3, 0.4) is 0 Å². The summed E-state index contributed by atoms with van der Waals surface area (Å²) in [6, 6.07) is 8.57. The van der Waals surface area contributed by atoms with Gasteiger partial charge in [-0.25, -0.2) is 0 Å². The zero-order chi connectivity index (χ0) is 22.3. The number of amides is 2. The van der Waals surface area contributed by atoms with E-state index in [1.807, 2.05) is 26.0 Å². The lowest BCUT2D eigenvalue weighted by Crippen LogP contribution is -2.46. The van der Waals surface area contributed by atoms with Crippen molar-refractivity contribution < 1.29 is 14.0 Å². The maximum Gasteiger partial charge on any atom is 0.289 e. The van der Waals surface area contributed by atoms with Gasteiger partial charge in [0.25, 0.3) is 5.91 Å². The maximum atomic E-state index is 13.1. The van der Waals surface area contributed by atoms with Gasteiger partial charge in [-0.1, -0.05) is 23.2 Å². The van der Waals surface area contributed by atoms with Gasteiger partial charge in [0, 0.05) is 37.3 Å². The number of likely N-dealkylation sites (N-methyl/N-ethyl adjacent to an activating group) is 1. The highest BCUT2D eigenvalue weighted by atomic mass is 35.5. The molecule has 1 aromatic heterocycles. The van der Waals surface area contributed by atoms with Crippen LogP contribution in [0.25, 0.3) is 11.3 Å². The molecule has 0 bridgehead atoms. The molecule has 2 amide bonds. The van der Waals surface area contributed by atoms with Gasteiger partial charge in [0.1, 0.15) is 5.76 Å². The Morgan fingerprint density at radius 3 is 2.55 bits per heavy atom. The molecule has 1 saturated carbocycles. The number of halogens is 2. The van der Waals surface area contributed by atoms with E-state index >= 15 is 0 Å². The van der Waals surface area contributed by atoms with Crippen molar-refractivity contribution in [2.45, 2.75) is 25.3 Å². The molecule has 8 heteroatoms. The molecule has 0 spiro atoms. The van der Waals surface area contributed by atoms with E-state index in [4.69, 9.17) is 27.6 Å². The lowest BCUT2D eigenvalue weighted by molar-refractivity contribution is -0.138. The third kappa shape index (κ3) is 4.47. The van der Waals surface area contributed by atoms with Crippen molar-refractivity contribution in [1.29, 1.82) is 0 Å². The molecular weight excluding hydrogens is 437 g/mol. The standard InChI is InChI=1S/C23H27Cl2N3O3/c1-26(2)14-23(9-10-23)22(30)27(3)16-8-11-28(13-16)21(29)20-7-6-19(31-20)17-5-4-15(24)12-18(17)25/h4-7,12,16H,8-11,13-14H2,1-3H3. The van der Waals surface area contributed by atoms with Crippen LogP contribution in [0.1, 0.15) is 29.8 Å². The fourth-order valence-electron chi connectivity index (χ4n) is 4.42. The highest BCUT2D eigenvalue weighted by Crippen LogP contribution is 2.48. The number of nitrogens with zero attached hydrogens (tertiary/aromatic N) is 3. The molecule has 0 N–H and O–H groups in total. The molecule has 31 heavy (non-hydrogen) atoms. The number of hydrogen-bond acceptors (Lipinski definition) is 4. The van der Waals surface area contributed by atoms with E-state index in [0.717, 1.165) is 25.8 Å². The maximum absolute atomic E-state index is 13.1. The summed E-state index contributed by atoms with van der Waals surface area (Å²) in [5.74, 6) is 0.807. The summed E-state index contributed by atoms with van der Waals surface area (Å²) in [6.45, 7) is 1.88. The Bertz CT molecular complexity index is 1000. The van der Waals surface area contributed by atoms with Crippen molar-refractivity contribution in [2.75, 3.05) is 40.8 Å². The van der Waals surface area contributed by atoms with Crippen molar-refractivity contribution in [1.82, 2.24) is 14.7 Å². The summed E-state index contributed by atoms with van der Waals surface area (Å²) in [4.78, 5) is 31.7. The lowest BCUT2D eigenvalue weighted by atomic mass is 10.0. The molecule has 1 atom stereocenters. The predicted molar refractivity (Wildman–Crippen MR) is 121 cm³/mol. The van der Waals surface area contributed by atoms with Gasteiger partial charge < -0.3 is 19.1 Å². The number of hydrogen-bond donors (Lipinski definition) is 0. The monoisotopic (exact) mass is 463 g/mol. The van der Waals surface area contributed by atoms with Crippen LogP contribution >= 0.6 is 23.2 Å². The molecule has 1 saturated heterocycles. The molecular formula is C23H27Cl2N3O3. The summed E-state index contributed by atoms with van der Waals surface area (Å²) >= 11 is 12.2.